The third kappa shape index (κ3) is 5.48. The number of para-hydroxylation sites is 5. The van der Waals surface area contributed by atoms with E-state index in [1.54, 1.807) is 0 Å². The van der Waals surface area contributed by atoms with Crippen LogP contribution in [0.1, 0.15) is 16.7 Å². The Bertz CT molecular complexity index is 5380. The van der Waals surface area contributed by atoms with E-state index in [9.17, 15) is 0 Å². The molecule has 0 aliphatic carbocycles. The highest BCUT2D eigenvalue weighted by Gasteiger charge is 2.44. The summed E-state index contributed by atoms with van der Waals surface area (Å²) in [6.07, 6.45) is 0. The zero-order valence-corrected chi connectivity index (χ0v) is 45.1. The lowest BCUT2D eigenvalue weighted by Crippen LogP contribution is -2.53. The lowest BCUT2D eigenvalue weighted by molar-refractivity contribution is 1.16. The molecule has 9 heterocycles. The number of hydrogen-bond acceptors (Lipinski definition) is 0. The number of rotatable bonds is 0. The normalized spacial score (nSPS) is 13.3. The van der Waals surface area contributed by atoms with E-state index < -0.39 is 0 Å². The first kappa shape index (κ1) is 44.1. The second kappa shape index (κ2) is 15.7. The Morgan fingerprint density at radius 3 is 1.36 bits per heavy atom. The van der Waals surface area contributed by atoms with Gasteiger partial charge in [-0.05, 0) is 134 Å². The minimum atomic E-state index is 0.339. The maximum Gasteiger partial charge on any atom is 0.248 e. The molecule has 0 N–H and O–H groups in total. The lowest BCUT2D eigenvalue weighted by atomic mass is 9.37. The maximum atomic E-state index is 2.52. The first-order valence-corrected chi connectivity index (χ1v) is 28.8. The Morgan fingerprint density at radius 1 is 0.272 bits per heavy atom. The van der Waals surface area contributed by atoms with Crippen LogP contribution in [-0.2, 0) is 0 Å². The number of aromatic nitrogens is 3. The molecule has 0 fully saturated rings. The summed E-state index contributed by atoms with van der Waals surface area (Å²) in [5.41, 5.74) is 37.7. The zero-order chi connectivity index (χ0) is 53.1. The number of fused-ring (bicyclic) bond motifs is 24. The van der Waals surface area contributed by atoms with Gasteiger partial charge in [-0.2, -0.15) is 0 Å². The van der Waals surface area contributed by atoms with Crippen molar-refractivity contribution in [1.29, 1.82) is 0 Å². The molecule has 81 heavy (non-hydrogen) atoms. The van der Waals surface area contributed by atoms with Crippen molar-refractivity contribution in [2.75, 3.05) is 0 Å². The molecule has 372 valence electrons. The van der Waals surface area contributed by atoms with Gasteiger partial charge in [-0.25, -0.2) is 0 Å². The van der Waals surface area contributed by atoms with Gasteiger partial charge in [0.25, 0.3) is 0 Å². The van der Waals surface area contributed by atoms with Gasteiger partial charge in [0.1, 0.15) is 0 Å². The predicted molar refractivity (Wildman–Crippen MR) is 347 cm³/mol. The minimum Gasteiger partial charge on any atom is -0.310 e. The van der Waals surface area contributed by atoms with Crippen LogP contribution in [0, 0.1) is 20.8 Å². The van der Waals surface area contributed by atoms with Crippen LogP contribution in [0.4, 0.5) is 0 Å². The van der Waals surface area contributed by atoms with Gasteiger partial charge in [-0.3, -0.25) is 0 Å². The second-order valence-electron chi connectivity index (χ2n) is 23.5. The Labute approximate surface area is 470 Å². The molecule has 21 rings (SSSR count). The molecule has 12 aromatic carbocycles. The van der Waals surface area contributed by atoms with E-state index in [0.29, 0.717) is 20.1 Å². The van der Waals surface area contributed by atoms with Gasteiger partial charge in [-0.15, -0.1) is 0 Å². The molecule has 6 aliphatic rings. The quantitative estimate of drug-likeness (QED) is 0.135. The summed E-state index contributed by atoms with van der Waals surface area (Å²) < 4.78 is 7.54. The summed E-state index contributed by atoms with van der Waals surface area (Å²) in [6.45, 7) is 7.72. The first-order chi connectivity index (χ1) is 40.0. The molecule has 6 aliphatic heterocycles. The van der Waals surface area contributed by atoms with Crippen LogP contribution in [-0.4, -0.2) is 33.8 Å². The molecule has 0 saturated heterocycles. The van der Waals surface area contributed by atoms with Crippen LogP contribution in [0.2, 0.25) is 0 Å². The van der Waals surface area contributed by atoms with Gasteiger partial charge in [0.15, 0.2) is 0 Å². The number of hydrogen-bond donors (Lipinski definition) is 0. The van der Waals surface area contributed by atoms with Gasteiger partial charge in [0, 0.05) is 65.9 Å². The van der Waals surface area contributed by atoms with E-state index in [-0.39, 0.29) is 0 Å². The third-order valence-corrected chi connectivity index (χ3v) is 19.5. The molecular weight excluding hydrogens is 975 g/mol. The molecule has 3 nitrogen and oxygen atoms in total. The molecule has 0 saturated carbocycles. The van der Waals surface area contributed by atoms with Crippen LogP contribution in [0.15, 0.2) is 237 Å². The molecule has 0 atom stereocenters. The van der Waals surface area contributed by atoms with E-state index in [4.69, 9.17) is 0 Å². The number of benzene rings is 12. The van der Waals surface area contributed by atoms with Crippen LogP contribution in [0.3, 0.4) is 0 Å². The average molecular weight is 1020 g/mol. The summed E-state index contributed by atoms with van der Waals surface area (Å²) in [7, 11) is 0. The SMILES string of the molecule is Cc1cc2c3c(c1)-n1c4ccccc4c4cccc(c41)B3c1ccccc1-2.Cc1ccc2c3c1-n1c4ccccc4c4cccc(c41)B3c1ccccc1-2.Cc1cccc2c1c1cccc3c1n2-c1cccc2c1B3c1ccccc1-2. The minimum absolute atomic E-state index is 0.339. The predicted octanol–water partition coefficient (Wildman–Crippen LogP) is 11.7. The highest BCUT2D eigenvalue weighted by molar-refractivity contribution is 7.03. The topological polar surface area (TPSA) is 14.8 Å². The summed E-state index contributed by atoms with van der Waals surface area (Å²) >= 11 is 0. The molecule has 0 radical (unpaired) electrons. The molecule has 6 heteroatoms. The fraction of sp³-hybridized carbons (Fsp3) is 0.0400. The first-order valence-electron chi connectivity index (χ1n) is 28.8. The summed E-state index contributed by atoms with van der Waals surface area (Å²) in [5, 5.41) is 8.18. The average Bonchev–Trinajstić information content (AvgIpc) is 3.49. The molecule has 15 aromatic rings. The Hall–Kier alpha value is -9.77. The van der Waals surface area contributed by atoms with Crippen LogP contribution in [0.25, 0.3) is 116 Å². The summed E-state index contributed by atoms with van der Waals surface area (Å²) in [4.78, 5) is 0. The molecule has 0 amide bonds. The standard InChI is InChI=1S/3C25H16BN/c1-15-13-19-16-7-2-4-10-20(16)26-21-11-6-9-18-17-8-3-5-12-22(17)27(25(18)21)23(14-15)24(19)26;1-15-13-14-18-16-7-2-4-10-20(16)26-21-11-6-9-19-17-8-3-5-12-22(17)27(25(19)21)24(15)23(18)26;1-15-7-4-13-21-23(15)18-10-5-12-20-25(18)27(21)22-14-6-9-17-16-8-2-3-11-19(16)26(20)24(17)22/h3*2-14H,1H3. The van der Waals surface area contributed by atoms with E-state index in [2.05, 4.69) is 271 Å². The molecule has 0 bridgehead atoms. The lowest BCUT2D eigenvalue weighted by Gasteiger charge is -2.26. The van der Waals surface area contributed by atoms with Crippen molar-refractivity contribution in [2.24, 2.45) is 0 Å². The van der Waals surface area contributed by atoms with E-state index in [1.165, 1.54) is 182 Å². The van der Waals surface area contributed by atoms with Gasteiger partial charge in [-0.1, -0.05) is 223 Å². The molecule has 3 aromatic heterocycles. The van der Waals surface area contributed by atoms with Gasteiger partial charge >= 0.3 is 0 Å². The Morgan fingerprint density at radius 2 is 0.704 bits per heavy atom. The van der Waals surface area contributed by atoms with E-state index >= 15 is 0 Å². The third-order valence-electron chi connectivity index (χ3n) is 19.5. The summed E-state index contributed by atoms with van der Waals surface area (Å²) in [5.74, 6) is 0. The smallest absolute Gasteiger partial charge is 0.248 e. The van der Waals surface area contributed by atoms with Gasteiger partial charge in [0.05, 0.1) is 16.6 Å². The van der Waals surface area contributed by atoms with Crippen molar-refractivity contribution >= 4 is 135 Å². The Balaban J connectivity index is 0.0000000907. The van der Waals surface area contributed by atoms with Crippen molar-refractivity contribution in [3.8, 4) is 50.4 Å². The fourth-order valence-electron chi connectivity index (χ4n) is 16.6. The summed E-state index contributed by atoms with van der Waals surface area (Å²) in [6, 6.07) is 87.9. The van der Waals surface area contributed by atoms with Crippen molar-refractivity contribution in [3.05, 3.63) is 253 Å². The Kier molecular flexibility index (Phi) is 8.58. The fourth-order valence-corrected chi connectivity index (χ4v) is 16.6. The highest BCUT2D eigenvalue weighted by Crippen LogP contribution is 2.42. The van der Waals surface area contributed by atoms with Crippen molar-refractivity contribution in [1.82, 2.24) is 13.7 Å². The van der Waals surface area contributed by atoms with Crippen LogP contribution >= 0.6 is 0 Å². The van der Waals surface area contributed by atoms with Crippen molar-refractivity contribution in [3.63, 3.8) is 0 Å². The molecule has 0 spiro atoms. The monoisotopic (exact) mass is 1020 g/mol. The number of aryl methyl sites for hydroxylation is 3. The van der Waals surface area contributed by atoms with Crippen LogP contribution < -0.4 is 49.2 Å². The van der Waals surface area contributed by atoms with Gasteiger partial charge < -0.3 is 13.7 Å². The second-order valence-corrected chi connectivity index (χ2v) is 23.5. The van der Waals surface area contributed by atoms with Gasteiger partial charge in [0.2, 0.25) is 20.1 Å². The van der Waals surface area contributed by atoms with Crippen molar-refractivity contribution in [2.45, 2.75) is 20.8 Å². The largest absolute Gasteiger partial charge is 0.310 e. The maximum absolute atomic E-state index is 2.52. The molecule has 0 unspecified atom stereocenters. The zero-order valence-electron chi connectivity index (χ0n) is 45.1. The highest BCUT2D eigenvalue weighted by atomic mass is 15.0. The molecular formula is C75H48B3N3. The number of nitrogens with zero attached hydrogens (tertiary/aromatic N) is 3. The van der Waals surface area contributed by atoms with Crippen molar-refractivity contribution < 1.29 is 0 Å². The van der Waals surface area contributed by atoms with E-state index in [1.807, 2.05) is 0 Å². The van der Waals surface area contributed by atoms with Crippen LogP contribution in [0.5, 0.6) is 0 Å². The van der Waals surface area contributed by atoms with E-state index in [0.717, 1.165) is 0 Å².